The minimum absolute atomic E-state index is 0.232. The topological polar surface area (TPSA) is 99.5 Å². The normalized spacial score (nSPS) is 27.4. The molecule has 0 radical (unpaired) electrons. The van der Waals surface area contributed by atoms with E-state index in [0.717, 1.165) is 31.2 Å². The zero-order chi connectivity index (χ0) is 21.2. The summed E-state index contributed by atoms with van der Waals surface area (Å²) >= 11 is 0. The lowest BCUT2D eigenvalue weighted by Gasteiger charge is -2.27. The molecule has 29 heavy (non-hydrogen) atoms. The first-order valence-corrected chi connectivity index (χ1v) is 11.3. The van der Waals surface area contributed by atoms with Crippen LogP contribution < -0.4 is 0 Å². The van der Waals surface area contributed by atoms with E-state index in [1.807, 2.05) is 19.0 Å². The van der Waals surface area contributed by atoms with Crippen LogP contribution in [0.5, 0.6) is 0 Å². The monoisotopic (exact) mass is 415 g/mol. The van der Waals surface area contributed by atoms with Crippen LogP contribution in [0.15, 0.2) is 0 Å². The van der Waals surface area contributed by atoms with E-state index in [-0.39, 0.29) is 12.6 Å². The van der Waals surface area contributed by atoms with Gasteiger partial charge in [0, 0.05) is 13.0 Å². The number of aliphatic hydroxyl groups excluding tert-OH is 3. The molecule has 0 aromatic carbocycles. The van der Waals surface area contributed by atoms with E-state index >= 15 is 0 Å². The maximum atomic E-state index is 12.1. The Morgan fingerprint density at radius 1 is 1.10 bits per heavy atom. The molecule has 2 aliphatic carbocycles. The summed E-state index contributed by atoms with van der Waals surface area (Å²) in [4.78, 5) is 14.1. The van der Waals surface area contributed by atoms with Gasteiger partial charge in [0.05, 0.1) is 6.61 Å². The van der Waals surface area contributed by atoms with Crippen molar-refractivity contribution in [1.29, 1.82) is 0 Å². The van der Waals surface area contributed by atoms with Crippen LogP contribution in [0.3, 0.4) is 0 Å². The third-order valence-electron chi connectivity index (χ3n) is 6.52. The molecule has 0 amide bonds. The fourth-order valence-corrected chi connectivity index (χ4v) is 4.94. The quantitative estimate of drug-likeness (QED) is 0.310. The van der Waals surface area contributed by atoms with Crippen LogP contribution in [-0.2, 0) is 14.3 Å². The Hall–Kier alpha value is -0.730. The molecular formula is C22H41NO6. The Morgan fingerprint density at radius 3 is 2.34 bits per heavy atom. The second-order valence-electron chi connectivity index (χ2n) is 9.17. The van der Waals surface area contributed by atoms with Crippen LogP contribution in [0, 0.1) is 17.8 Å². The Morgan fingerprint density at radius 2 is 1.76 bits per heavy atom. The molecule has 7 heteroatoms. The van der Waals surface area contributed by atoms with Gasteiger partial charge in [-0.15, -0.1) is 0 Å². The number of fused-ring (bicyclic) bond motifs is 1. The van der Waals surface area contributed by atoms with Crippen LogP contribution in [-0.4, -0.2) is 85.0 Å². The molecule has 0 spiro atoms. The molecule has 0 aromatic rings. The van der Waals surface area contributed by atoms with Crippen molar-refractivity contribution in [2.45, 2.75) is 76.1 Å². The van der Waals surface area contributed by atoms with E-state index in [1.165, 1.54) is 38.5 Å². The van der Waals surface area contributed by atoms with E-state index in [4.69, 9.17) is 9.47 Å². The van der Waals surface area contributed by atoms with Gasteiger partial charge in [0.1, 0.15) is 24.9 Å². The maximum absolute atomic E-state index is 12.1. The second-order valence-corrected chi connectivity index (χ2v) is 9.17. The number of carbonyl (C=O) groups excluding carboxylic acids is 1. The van der Waals surface area contributed by atoms with Crippen molar-refractivity contribution in [3.63, 3.8) is 0 Å². The average molecular weight is 416 g/mol. The number of nitrogens with zero attached hydrogens (tertiary/aromatic N) is 1. The fourth-order valence-electron chi connectivity index (χ4n) is 4.94. The predicted octanol–water partition coefficient (Wildman–Crippen LogP) is 1.58. The Bertz CT molecular complexity index is 460. The molecule has 5 atom stereocenters. The molecule has 170 valence electrons. The number of hydrogen-bond acceptors (Lipinski definition) is 7. The van der Waals surface area contributed by atoms with Crippen LogP contribution >= 0.6 is 0 Å². The maximum Gasteiger partial charge on any atom is 0.305 e. The van der Waals surface area contributed by atoms with Gasteiger partial charge >= 0.3 is 5.97 Å². The lowest BCUT2D eigenvalue weighted by molar-refractivity contribution is -0.157. The van der Waals surface area contributed by atoms with Crippen molar-refractivity contribution in [2.24, 2.45) is 17.8 Å². The summed E-state index contributed by atoms with van der Waals surface area (Å²) in [5.74, 6) is 2.02. The molecule has 0 aromatic heterocycles. The summed E-state index contributed by atoms with van der Waals surface area (Å²) in [5.41, 5.74) is 0. The second kappa shape index (κ2) is 12.8. The van der Waals surface area contributed by atoms with E-state index in [9.17, 15) is 20.1 Å². The third-order valence-corrected chi connectivity index (χ3v) is 6.52. The van der Waals surface area contributed by atoms with Gasteiger partial charge in [-0.05, 0) is 64.1 Å². The lowest BCUT2D eigenvalue weighted by Crippen LogP contribution is -2.44. The first-order valence-electron chi connectivity index (χ1n) is 11.3. The van der Waals surface area contributed by atoms with Crippen LogP contribution in [0.25, 0.3) is 0 Å². The van der Waals surface area contributed by atoms with Gasteiger partial charge in [0.2, 0.25) is 0 Å². The smallest absolute Gasteiger partial charge is 0.305 e. The van der Waals surface area contributed by atoms with Crippen molar-refractivity contribution in [3.8, 4) is 0 Å². The summed E-state index contributed by atoms with van der Waals surface area (Å²) in [6, 6.07) is 0. The average Bonchev–Trinajstić information content (AvgIpc) is 3.12. The van der Waals surface area contributed by atoms with Gasteiger partial charge in [-0.3, -0.25) is 4.79 Å². The SMILES string of the molecule is CN(C)CCCOC(C(O)CO)C(O)COC(=O)CCC1CC2CCCCC2C1. The standard InChI is InChI=1S/C22H41NO6/c1-23(2)10-5-11-28-22(19(25)14-24)20(26)15-29-21(27)9-8-16-12-17-6-3-4-7-18(17)13-16/h16-20,22,24-26H,3-15H2,1-2H3. The number of rotatable bonds is 13. The fraction of sp³-hybridized carbons (Fsp3) is 0.955. The van der Waals surface area contributed by atoms with Crippen molar-refractivity contribution in [1.82, 2.24) is 4.90 Å². The van der Waals surface area contributed by atoms with Crippen LogP contribution in [0.1, 0.15) is 57.8 Å². The van der Waals surface area contributed by atoms with E-state index in [2.05, 4.69) is 0 Å². The van der Waals surface area contributed by atoms with Crippen molar-refractivity contribution < 1.29 is 29.6 Å². The first-order chi connectivity index (χ1) is 13.9. The Labute approximate surface area is 175 Å². The largest absolute Gasteiger partial charge is 0.463 e. The summed E-state index contributed by atoms with van der Waals surface area (Å²) in [5, 5.41) is 29.4. The Balaban J connectivity index is 1.66. The number of carbonyl (C=O) groups is 1. The highest BCUT2D eigenvalue weighted by molar-refractivity contribution is 5.69. The van der Waals surface area contributed by atoms with Gasteiger partial charge in [-0.1, -0.05) is 25.7 Å². The van der Waals surface area contributed by atoms with Gasteiger partial charge in [-0.2, -0.15) is 0 Å². The minimum Gasteiger partial charge on any atom is -0.463 e. The van der Waals surface area contributed by atoms with Gasteiger partial charge in [-0.25, -0.2) is 0 Å². The van der Waals surface area contributed by atoms with Gasteiger partial charge in [0.15, 0.2) is 0 Å². The molecule has 0 aliphatic heterocycles. The highest BCUT2D eigenvalue weighted by Gasteiger charge is 2.35. The first kappa shape index (κ1) is 24.5. The number of hydrogen-bond donors (Lipinski definition) is 3. The van der Waals surface area contributed by atoms with E-state index in [1.54, 1.807) is 0 Å². The molecule has 7 nitrogen and oxygen atoms in total. The van der Waals surface area contributed by atoms with Crippen LogP contribution in [0.2, 0.25) is 0 Å². The van der Waals surface area contributed by atoms with Crippen molar-refractivity contribution in [2.75, 3.05) is 40.5 Å². The van der Waals surface area contributed by atoms with E-state index in [0.29, 0.717) is 18.9 Å². The molecular weight excluding hydrogens is 374 g/mol. The molecule has 3 N–H and O–H groups in total. The molecule has 0 bridgehead atoms. The minimum atomic E-state index is -1.22. The molecule has 2 saturated carbocycles. The molecule has 0 heterocycles. The summed E-state index contributed by atoms with van der Waals surface area (Å²) in [6.07, 6.45) is 6.47. The zero-order valence-electron chi connectivity index (χ0n) is 18.2. The van der Waals surface area contributed by atoms with Crippen molar-refractivity contribution >= 4 is 5.97 Å². The van der Waals surface area contributed by atoms with E-state index < -0.39 is 24.9 Å². The molecule has 2 rings (SSSR count). The molecule has 2 aliphatic rings. The van der Waals surface area contributed by atoms with Gasteiger partial charge in [0.25, 0.3) is 0 Å². The number of esters is 1. The number of ether oxygens (including phenoxy) is 2. The molecule has 5 unspecified atom stereocenters. The Kier molecular flexibility index (Phi) is 10.9. The van der Waals surface area contributed by atoms with Crippen molar-refractivity contribution in [3.05, 3.63) is 0 Å². The lowest BCUT2D eigenvalue weighted by atomic mass is 9.82. The summed E-state index contributed by atoms with van der Waals surface area (Å²) in [7, 11) is 3.90. The summed E-state index contributed by atoms with van der Waals surface area (Å²) in [6.45, 7) is 0.405. The highest BCUT2D eigenvalue weighted by Crippen LogP contribution is 2.46. The third kappa shape index (κ3) is 8.50. The zero-order valence-corrected chi connectivity index (χ0v) is 18.2. The molecule has 0 saturated heterocycles. The van der Waals surface area contributed by atoms with Crippen LogP contribution in [0.4, 0.5) is 0 Å². The summed E-state index contributed by atoms with van der Waals surface area (Å²) < 4.78 is 10.8. The number of aliphatic hydroxyl groups is 3. The van der Waals surface area contributed by atoms with Gasteiger partial charge < -0.3 is 29.7 Å². The predicted molar refractivity (Wildman–Crippen MR) is 110 cm³/mol. The molecule has 2 fully saturated rings. The highest BCUT2D eigenvalue weighted by atomic mass is 16.6.